The molecule has 0 atom stereocenters. The fourth-order valence-corrected chi connectivity index (χ4v) is 2.00. The van der Waals surface area contributed by atoms with Crippen LogP contribution in [0.2, 0.25) is 0 Å². The van der Waals surface area contributed by atoms with Gasteiger partial charge in [-0.25, -0.2) is 0 Å². The van der Waals surface area contributed by atoms with E-state index in [2.05, 4.69) is 25.5 Å². The summed E-state index contributed by atoms with van der Waals surface area (Å²) in [5.41, 5.74) is 2.16. The first-order valence-corrected chi connectivity index (χ1v) is 6.94. The van der Waals surface area contributed by atoms with Crippen LogP contribution in [0.5, 0.6) is 0 Å². The van der Waals surface area contributed by atoms with Crippen molar-refractivity contribution in [2.24, 2.45) is 0 Å². The molecule has 1 aromatic carbocycles. The molecule has 6 nitrogen and oxygen atoms in total. The van der Waals surface area contributed by atoms with Gasteiger partial charge >= 0.3 is 0 Å². The molecule has 0 saturated heterocycles. The lowest BCUT2D eigenvalue weighted by atomic mass is 10.3. The van der Waals surface area contributed by atoms with E-state index in [9.17, 15) is 0 Å². The van der Waals surface area contributed by atoms with E-state index in [4.69, 9.17) is 0 Å². The number of anilines is 3. The molecule has 2 aromatic heterocycles. The van der Waals surface area contributed by atoms with Crippen molar-refractivity contribution in [2.45, 2.75) is 6.54 Å². The standard InChI is InChI=1S/C16H16N6/c1-22(14-5-3-2-4-6-14)15-12-19-21-16(20-15)18-11-13-7-9-17-10-8-13/h2-10,12H,11H2,1H3,(H,18,20,21). The molecule has 0 aliphatic heterocycles. The number of hydrogen-bond donors (Lipinski definition) is 1. The van der Waals surface area contributed by atoms with Crippen LogP contribution in [-0.4, -0.2) is 27.2 Å². The number of para-hydroxylation sites is 1. The fourth-order valence-electron chi connectivity index (χ4n) is 2.00. The van der Waals surface area contributed by atoms with E-state index in [0.29, 0.717) is 12.5 Å². The van der Waals surface area contributed by atoms with Crippen LogP contribution in [0.3, 0.4) is 0 Å². The molecule has 2 heterocycles. The molecule has 0 saturated carbocycles. The Kier molecular flexibility index (Phi) is 4.20. The van der Waals surface area contributed by atoms with Gasteiger partial charge < -0.3 is 10.2 Å². The quantitative estimate of drug-likeness (QED) is 0.780. The number of rotatable bonds is 5. The van der Waals surface area contributed by atoms with Gasteiger partial charge in [-0.15, -0.1) is 5.10 Å². The summed E-state index contributed by atoms with van der Waals surface area (Å²) in [4.78, 5) is 10.4. The summed E-state index contributed by atoms with van der Waals surface area (Å²) < 4.78 is 0. The summed E-state index contributed by atoms with van der Waals surface area (Å²) in [7, 11) is 1.95. The summed E-state index contributed by atoms with van der Waals surface area (Å²) >= 11 is 0. The van der Waals surface area contributed by atoms with E-state index in [1.807, 2.05) is 54.4 Å². The first kappa shape index (κ1) is 13.9. The zero-order valence-electron chi connectivity index (χ0n) is 12.2. The number of aromatic nitrogens is 4. The van der Waals surface area contributed by atoms with E-state index in [1.54, 1.807) is 18.6 Å². The maximum atomic E-state index is 4.49. The molecule has 0 aliphatic rings. The Hall–Kier alpha value is -3.02. The third kappa shape index (κ3) is 3.35. The maximum Gasteiger partial charge on any atom is 0.244 e. The monoisotopic (exact) mass is 292 g/mol. The molecule has 0 bridgehead atoms. The van der Waals surface area contributed by atoms with Gasteiger partial charge in [0.2, 0.25) is 5.95 Å². The number of pyridine rings is 1. The van der Waals surface area contributed by atoms with Crippen LogP contribution in [0.15, 0.2) is 61.1 Å². The Bertz CT molecular complexity index is 717. The lowest BCUT2D eigenvalue weighted by Gasteiger charge is -2.18. The summed E-state index contributed by atoms with van der Waals surface area (Å²) in [5.74, 6) is 1.23. The second-order valence-corrected chi connectivity index (χ2v) is 4.74. The molecule has 110 valence electrons. The minimum Gasteiger partial charge on any atom is -0.349 e. The molecule has 0 amide bonds. The van der Waals surface area contributed by atoms with Crippen LogP contribution in [-0.2, 0) is 6.54 Å². The maximum absolute atomic E-state index is 4.49. The minimum atomic E-state index is 0.497. The average Bonchev–Trinajstić information content (AvgIpc) is 2.61. The number of nitrogens with one attached hydrogen (secondary N) is 1. The second-order valence-electron chi connectivity index (χ2n) is 4.74. The molecule has 0 fully saturated rings. The van der Waals surface area contributed by atoms with E-state index in [1.165, 1.54) is 0 Å². The van der Waals surface area contributed by atoms with E-state index < -0.39 is 0 Å². The first-order valence-electron chi connectivity index (χ1n) is 6.94. The Morgan fingerprint density at radius 1 is 1.05 bits per heavy atom. The van der Waals surface area contributed by atoms with Crippen LogP contribution in [0.25, 0.3) is 0 Å². The van der Waals surface area contributed by atoms with Crippen LogP contribution in [0.1, 0.15) is 5.56 Å². The first-order chi connectivity index (χ1) is 10.8. The second kappa shape index (κ2) is 6.62. The van der Waals surface area contributed by atoms with Crippen molar-refractivity contribution >= 4 is 17.5 Å². The van der Waals surface area contributed by atoms with E-state index >= 15 is 0 Å². The lowest BCUT2D eigenvalue weighted by molar-refractivity contribution is 0.929. The van der Waals surface area contributed by atoms with Crippen LogP contribution < -0.4 is 10.2 Å². The minimum absolute atomic E-state index is 0.497. The predicted octanol–water partition coefficient (Wildman–Crippen LogP) is 2.65. The lowest BCUT2D eigenvalue weighted by Crippen LogP contribution is -2.14. The van der Waals surface area contributed by atoms with Crippen LogP contribution in [0, 0.1) is 0 Å². The van der Waals surface area contributed by atoms with E-state index in [0.717, 1.165) is 17.1 Å². The van der Waals surface area contributed by atoms with Gasteiger partial charge in [0.05, 0.1) is 6.20 Å². The molecule has 3 rings (SSSR count). The van der Waals surface area contributed by atoms with Gasteiger partial charge in [0.1, 0.15) is 0 Å². The largest absolute Gasteiger partial charge is 0.349 e. The predicted molar refractivity (Wildman–Crippen MR) is 85.9 cm³/mol. The van der Waals surface area contributed by atoms with Crippen molar-refractivity contribution < 1.29 is 0 Å². The molecular weight excluding hydrogens is 276 g/mol. The average molecular weight is 292 g/mol. The van der Waals surface area contributed by atoms with Gasteiger partial charge in [0, 0.05) is 31.7 Å². The van der Waals surface area contributed by atoms with Crippen molar-refractivity contribution in [1.29, 1.82) is 0 Å². The SMILES string of the molecule is CN(c1ccccc1)c1cnnc(NCc2ccncc2)n1. The third-order valence-electron chi connectivity index (χ3n) is 3.23. The van der Waals surface area contributed by atoms with E-state index in [-0.39, 0.29) is 0 Å². The highest BCUT2D eigenvalue weighted by Gasteiger charge is 2.07. The molecule has 3 aromatic rings. The normalized spacial score (nSPS) is 10.2. The Morgan fingerprint density at radius 3 is 2.59 bits per heavy atom. The van der Waals surface area contributed by atoms with Crippen LogP contribution in [0.4, 0.5) is 17.5 Å². The third-order valence-corrected chi connectivity index (χ3v) is 3.23. The van der Waals surface area contributed by atoms with Crippen LogP contribution >= 0.6 is 0 Å². The Labute approximate surface area is 128 Å². The number of nitrogens with zero attached hydrogens (tertiary/aromatic N) is 5. The van der Waals surface area contributed by atoms with Crippen molar-refractivity contribution in [3.63, 3.8) is 0 Å². The fraction of sp³-hybridized carbons (Fsp3) is 0.125. The highest BCUT2D eigenvalue weighted by Crippen LogP contribution is 2.20. The molecule has 0 radical (unpaired) electrons. The van der Waals surface area contributed by atoms with Gasteiger partial charge in [0.25, 0.3) is 0 Å². The number of benzene rings is 1. The Morgan fingerprint density at radius 2 is 1.82 bits per heavy atom. The van der Waals surface area contributed by atoms with Crippen molar-refractivity contribution in [1.82, 2.24) is 20.2 Å². The molecule has 1 N–H and O–H groups in total. The summed E-state index contributed by atoms with van der Waals surface area (Å²) in [6.07, 6.45) is 5.16. The molecule has 6 heteroatoms. The highest BCUT2D eigenvalue weighted by atomic mass is 15.3. The summed E-state index contributed by atoms with van der Waals surface area (Å²) in [6.45, 7) is 0.628. The summed E-state index contributed by atoms with van der Waals surface area (Å²) in [6, 6.07) is 13.9. The van der Waals surface area contributed by atoms with Crippen molar-refractivity contribution in [3.05, 3.63) is 66.6 Å². The van der Waals surface area contributed by atoms with Gasteiger partial charge in [-0.3, -0.25) is 4.98 Å². The molecule has 22 heavy (non-hydrogen) atoms. The molecular formula is C16H16N6. The van der Waals surface area contributed by atoms with Gasteiger partial charge in [-0.2, -0.15) is 10.1 Å². The smallest absolute Gasteiger partial charge is 0.244 e. The van der Waals surface area contributed by atoms with Crippen molar-refractivity contribution in [3.8, 4) is 0 Å². The van der Waals surface area contributed by atoms with Gasteiger partial charge in [0.15, 0.2) is 5.82 Å². The highest BCUT2D eigenvalue weighted by molar-refractivity contribution is 5.58. The van der Waals surface area contributed by atoms with Gasteiger partial charge in [-0.1, -0.05) is 18.2 Å². The van der Waals surface area contributed by atoms with Gasteiger partial charge in [-0.05, 0) is 29.8 Å². The molecule has 0 spiro atoms. The number of hydrogen-bond acceptors (Lipinski definition) is 6. The molecule has 0 unspecified atom stereocenters. The Balaban J connectivity index is 1.72. The topological polar surface area (TPSA) is 66.8 Å². The zero-order chi connectivity index (χ0) is 15.2. The zero-order valence-corrected chi connectivity index (χ0v) is 12.2. The summed E-state index contributed by atoms with van der Waals surface area (Å²) in [5, 5.41) is 11.2. The molecule has 0 aliphatic carbocycles. The van der Waals surface area contributed by atoms with Crippen molar-refractivity contribution in [2.75, 3.05) is 17.3 Å².